The lowest BCUT2D eigenvalue weighted by molar-refractivity contribution is 0.359. The number of hydrogen-bond donors (Lipinski definition) is 1. The lowest BCUT2D eigenvalue weighted by Gasteiger charge is -2.13. The molecule has 0 aromatic carbocycles. The predicted octanol–water partition coefficient (Wildman–Crippen LogP) is 1.98. The van der Waals surface area contributed by atoms with Gasteiger partial charge in [0.05, 0.1) is 12.2 Å². The van der Waals surface area contributed by atoms with Crippen molar-refractivity contribution in [2.75, 3.05) is 6.54 Å². The van der Waals surface area contributed by atoms with Crippen LogP contribution in [0.25, 0.3) is 0 Å². The summed E-state index contributed by atoms with van der Waals surface area (Å²) < 4.78 is 5.39. The number of aromatic nitrogens is 1. The molecule has 1 fully saturated rings. The number of rotatable bonds is 1. The lowest BCUT2D eigenvalue weighted by Crippen LogP contribution is -2.23. The molecule has 0 saturated heterocycles. The van der Waals surface area contributed by atoms with Crippen LogP contribution in [0.4, 0.5) is 0 Å². The van der Waals surface area contributed by atoms with E-state index in [1.807, 2.05) is 0 Å². The van der Waals surface area contributed by atoms with Crippen LogP contribution >= 0.6 is 0 Å². The van der Waals surface area contributed by atoms with E-state index in [1.165, 1.54) is 36.9 Å². The van der Waals surface area contributed by atoms with Crippen LogP contribution in [0.15, 0.2) is 4.52 Å². The number of nitrogens with one attached hydrogen (secondary N) is 1. The van der Waals surface area contributed by atoms with Gasteiger partial charge in [0, 0.05) is 11.5 Å². The number of fused-ring (bicyclic) bond motifs is 1. The van der Waals surface area contributed by atoms with Crippen LogP contribution in [0.2, 0.25) is 0 Å². The molecule has 0 bridgehead atoms. The molecule has 2 heterocycles. The fourth-order valence-corrected chi connectivity index (χ4v) is 2.70. The van der Waals surface area contributed by atoms with Gasteiger partial charge in [-0.05, 0) is 25.8 Å². The van der Waals surface area contributed by atoms with Crippen LogP contribution < -0.4 is 5.32 Å². The number of nitrogens with zero attached hydrogens (tertiary/aromatic N) is 1. The fourth-order valence-electron chi connectivity index (χ4n) is 2.70. The maximum Gasteiger partial charge on any atom is 0.153 e. The normalized spacial score (nSPS) is 22.6. The molecule has 1 aliphatic carbocycles. The van der Waals surface area contributed by atoms with Crippen molar-refractivity contribution >= 4 is 0 Å². The molecule has 1 aromatic heterocycles. The second-order valence-electron chi connectivity index (χ2n) is 4.38. The molecule has 0 amide bonds. The summed E-state index contributed by atoms with van der Waals surface area (Å²) in [6, 6.07) is 0. The Balaban J connectivity index is 1.93. The predicted molar refractivity (Wildman–Crippen MR) is 53.1 cm³/mol. The van der Waals surface area contributed by atoms with Crippen molar-refractivity contribution in [2.45, 2.75) is 44.6 Å². The van der Waals surface area contributed by atoms with Crippen molar-refractivity contribution in [1.29, 1.82) is 0 Å². The summed E-state index contributed by atoms with van der Waals surface area (Å²) >= 11 is 0. The van der Waals surface area contributed by atoms with Gasteiger partial charge in [-0.25, -0.2) is 0 Å². The van der Waals surface area contributed by atoms with Gasteiger partial charge in [0.15, 0.2) is 5.76 Å². The van der Waals surface area contributed by atoms with E-state index in [2.05, 4.69) is 10.5 Å². The monoisotopic (exact) mass is 192 g/mol. The fraction of sp³-hybridized carbons (Fsp3) is 0.727. The molecular formula is C11H16N2O. The van der Waals surface area contributed by atoms with Gasteiger partial charge >= 0.3 is 0 Å². The second kappa shape index (κ2) is 3.39. The van der Waals surface area contributed by atoms with Crippen LogP contribution in [-0.2, 0) is 13.0 Å². The van der Waals surface area contributed by atoms with E-state index >= 15 is 0 Å². The molecule has 0 unspecified atom stereocenters. The Morgan fingerprint density at radius 1 is 1.29 bits per heavy atom. The molecule has 1 N–H and O–H groups in total. The molecule has 1 saturated carbocycles. The SMILES string of the molecule is C1CCC(c2noc3c2CCNC3)C1. The average Bonchev–Trinajstić information content (AvgIpc) is 2.85. The van der Waals surface area contributed by atoms with Gasteiger partial charge in [0.2, 0.25) is 0 Å². The van der Waals surface area contributed by atoms with Crippen LogP contribution in [0, 0.1) is 0 Å². The molecule has 14 heavy (non-hydrogen) atoms. The zero-order valence-corrected chi connectivity index (χ0v) is 8.38. The number of hydrogen-bond acceptors (Lipinski definition) is 3. The smallest absolute Gasteiger partial charge is 0.153 e. The molecule has 1 aliphatic heterocycles. The van der Waals surface area contributed by atoms with Crippen LogP contribution in [0.3, 0.4) is 0 Å². The maximum atomic E-state index is 5.39. The van der Waals surface area contributed by atoms with E-state index in [-0.39, 0.29) is 0 Å². The summed E-state index contributed by atoms with van der Waals surface area (Å²) in [4.78, 5) is 0. The first kappa shape index (κ1) is 8.48. The molecule has 0 atom stereocenters. The summed E-state index contributed by atoms with van der Waals surface area (Å²) in [5.74, 6) is 1.78. The van der Waals surface area contributed by atoms with E-state index in [4.69, 9.17) is 4.52 Å². The van der Waals surface area contributed by atoms with Gasteiger partial charge < -0.3 is 9.84 Å². The molecule has 3 rings (SSSR count). The van der Waals surface area contributed by atoms with Gasteiger partial charge in [0.25, 0.3) is 0 Å². The Kier molecular flexibility index (Phi) is 2.05. The maximum absolute atomic E-state index is 5.39. The quantitative estimate of drug-likeness (QED) is 0.739. The van der Waals surface area contributed by atoms with E-state index in [1.54, 1.807) is 0 Å². The van der Waals surface area contributed by atoms with Crippen LogP contribution in [0.5, 0.6) is 0 Å². The standard InChI is InChI=1S/C11H16N2O/c1-2-4-8(3-1)11-9-5-6-12-7-10(9)14-13-11/h8,12H,1-7H2. The van der Waals surface area contributed by atoms with Crippen molar-refractivity contribution < 1.29 is 4.52 Å². The average molecular weight is 192 g/mol. The van der Waals surface area contributed by atoms with Gasteiger partial charge in [-0.1, -0.05) is 18.0 Å². The highest BCUT2D eigenvalue weighted by molar-refractivity contribution is 5.28. The summed E-state index contributed by atoms with van der Waals surface area (Å²) in [5, 5.41) is 7.58. The molecular weight excluding hydrogens is 176 g/mol. The first-order valence-electron chi connectivity index (χ1n) is 5.63. The highest BCUT2D eigenvalue weighted by Crippen LogP contribution is 2.36. The second-order valence-corrected chi connectivity index (χ2v) is 4.38. The molecule has 3 heteroatoms. The Morgan fingerprint density at radius 3 is 3.00 bits per heavy atom. The van der Waals surface area contributed by atoms with Crippen LogP contribution in [-0.4, -0.2) is 11.7 Å². The topological polar surface area (TPSA) is 38.1 Å². The Morgan fingerprint density at radius 2 is 2.14 bits per heavy atom. The molecule has 2 aliphatic rings. The molecule has 0 radical (unpaired) electrons. The lowest BCUT2D eigenvalue weighted by atomic mass is 9.96. The van der Waals surface area contributed by atoms with Gasteiger partial charge in [-0.2, -0.15) is 0 Å². The third-order valence-corrected chi connectivity index (χ3v) is 3.48. The minimum atomic E-state index is 0.695. The van der Waals surface area contributed by atoms with Crippen LogP contribution in [0.1, 0.15) is 48.6 Å². The third-order valence-electron chi connectivity index (χ3n) is 3.48. The Bertz CT molecular complexity index is 326. The van der Waals surface area contributed by atoms with Crippen molar-refractivity contribution in [2.24, 2.45) is 0 Å². The Hall–Kier alpha value is -0.830. The zero-order chi connectivity index (χ0) is 9.38. The van der Waals surface area contributed by atoms with E-state index in [0.717, 1.165) is 25.3 Å². The van der Waals surface area contributed by atoms with Crippen molar-refractivity contribution in [3.63, 3.8) is 0 Å². The summed E-state index contributed by atoms with van der Waals surface area (Å²) in [5.41, 5.74) is 2.69. The summed E-state index contributed by atoms with van der Waals surface area (Å²) in [6.45, 7) is 1.95. The first-order chi connectivity index (χ1) is 6.95. The first-order valence-corrected chi connectivity index (χ1v) is 5.63. The zero-order valence-electron chi connectivity index (χ0n) is 8.38. The third kappa shape index (κ3) is 1.27. The minimum Gasteiger partial charge on any atom is -0.359 e. The highest BCUT2D eigenvalue weighted by atomic mass is 16.5. The largest absolute Gasteiger partial charge is 0.359 e. The molecule has 76 valence electrons. The van der Waals surface area contributed by atoms with Gasteiger partial charge in [-0.15, -0.1) is 0 Å². The van der Waals surface area contributed by atoms with Crippen molar-refractivity contribution in [3.8, 4) is 0 Å². The van der Waals surface area contributed by atoms with E-state index < -0.39 is 0 Å². The minimum absolute atomic E-state index is 0.695. The Labute approximate surface area is 83.9 Å². The molecule has 3 nitrogen and oxygen atoms in total. The van der Waals surface area contributed by atoms with Crippen molar-refractivity contribution in [1.82, 2.24) is 10.5 Å². The van der Waals surface area contributed by atoms with Gasteiger partial charge in [-0.3, -0.25) is 0 Å². The van der Waals surface area contributed by atoms with Crippen molar-refractivity contribution in [3.05, 3.63) is 17.0 Å². The summed E-state index contributed by atoms with van der Waals surface area (Å²) in [6.07, 6.45) is 6.46. The van der Waals surface area contributed by atoms with Gasteiger partial charge in [0.1, 0.15) is 0 Å². The molecule has 0 spiro atoms. The highest BCUT2D eigenvalue weighted by Gasteiger charge is 2.26. The molecule has 1 aromatic rings. The summed E-state index contributed by atoms with van der Waals surface area (Å²) in [7, 11) is 0. The van der Waals surface area contributed by atoms with E-state index in [9.17, 15) is 0 Å². The van der Waals surface area contributed by atoms with E-state index in [0.29, 0.717) is 5.92 Å².